The van der Waals surface area contributed by atoms with E-state index >= 15 is 0 Å². The van der Waals surface area contributed by atoms with Crippen molar-refractivity contribution < 1.29 is 5.11 Å². The van der Waals surface area contributed by atoms with Crippen LogP contribution in [0.4, 0.5) is 0 Å². The van der Waals surface area contributed by atoms with Crippen molar-refractivity contribution in [3.8, 4) is 0 Å². The molecule has 3 unspecified atom stereocenters. The molecule has 2 heterocycles. The quantitative estimate of drug-likeness (QED) is 0.691. The van der Waals surface area contributed by atoms with Crippen LogP contribution in [0.3, 0.4) is 0 Å². The van der Waals surface area contributed by atoms with Crippen LogP contribution in [-0.2, 0) is 0 Å². The number of likely N-dealkylation sites (tertiary alicyclic amines) is 1. The maximum Gasteiger partial charge on any atom is 0.0468 e. The third kappa shape index (κ3) is 2.47. The molecule has 0 aliphatic carbocycles. The molecule has 0 radical (unpaired) electrons. The van der Waals surface area contributed by atoms with Crippen molar-refractivity contribution in [1.82, 2.24) is 10.2 Å². The summed E-state index contributed by atoms with van der Waals surface area (Å²) in [6.07, 6.45) is 4.00. The molecule has 2 fully saturated rings. The van der Waals surface area contributed by atoms with Crippen LogP contribution in [0.1, 0.15) is 26.2 Å². The second kappa shape index (κ2) is 4.60. The van der Waals surface area contributed by atoms with Gasteiger partial charge in [0, 0.05) is 31.8 Å². The number of rotatable bonds is 3. The summed E-state index contributed by atoms with van der Waals surface area (Å²) in [6, 6.07) is 1.49. The first-order chi connectivity index (χ1) is 6.78. The van der Waals surface area contributed by atoms with Gasteiger partial charge in [-0.15, -0.1) is 0 Å². The second-order valence-electron chi connectivity index (χ2n) is 4.97. The maximum atomic E-state index is 9.03. The van der Waals surface area contributed by atoms with E-state index in [0.29, 0.717) is 18.6 Å². The average Bonchev–Trinajstić information content (AvgIpc) is 2.50. The number of nitrogens with one attached hydrogen (secondary N) is 1. The maximum absolute atomic E-state index is 9.03. The van der Waals surface area contributed by atoms with E-state index in [2.05, 4.69) is 17.1 Å². The highest BCUT2D eigenvalue weighted by molar-refractivity contribution is 4.89. The highest BCUT2D eigenvalue weighted by atomic mass is 16.3. The first-order valence-electron chi connectivity index (χ1n) is 5.87. The van der Waals surface area contributed by atoms with Crippen molar-refractivity contribution in [2.24, 2.45) is 5.92 Å². The third-order valence-corrected chi connectivity index (χ3v) is 3.49. The fraction of sp³-hybridized carbons (Fsp3) is 1.00. The molecule has 2 aliphatic heterocycles. The van der Waals surface area contributed by atoms with Gasteiger partial charge in [-0.05, 0) is 31.7 Å². The predicted molar refractivity (Wildman–Crippen MR) is 57.3 cm³/mol. The van der Waals surface area contributed by atoms with Gasteiger partial charge in [-0.25, -0.2) is 0 Å². The zero-order chi connectivity index (χ0) is 9.97. The van der Waals surface area contributed by atoms with Crippen LogP contribution >= 0.6 is 0 Å². The van der Waals surface area contributed by atoms with Crippen LogP contribution in [-0.4, -0.2) is 48.3 Å². The van der Waals surface area contributed by atoms with E-state index in [0.717, 1.165) is 12.6 Å². The van der Waals surface area contributed by atoms with Gasteiger partial charge in [0.1, 0.15) is 0 Å². The Bertz CT molecular complexity index is 186. The van der Waals surface area contributed by atoms with Crippen molar-refractivity contribution in [2.45, 2.75) is 38.3 Å². The molecule has 0 spiro atoms. The van der Waals surface area contributed by atoms with E-state index in [1.165, 1.54) is 32.4 Å². The molecule has 2 N–H and O–H groups in total. The van der Waals surface area contributed by atoms with Gasteiger partial charge >= 0.3 is 0 Å². The van der Waals surface area contributed by atoms with Crippen LogP contribution in [0, 0.1) is 5.92 Å². The summed E-state index contributed by atoms with van der Waals surface area (Å²) in [5.74, 6) is 0.423. The summed E-state index contributed by atoms with van der Waals surface area (Å²) in [7, 11) is 0. The number of nitrogens with zero attached hydrogens (tertiary/aromatic N) is 1. The fourth-order valence-corrected chi connectivity index (χ4v) is 2.68. The third-order valence-electron chi connectivity index (χ3n) is 3.49. The number of hydrogen-bond acceptors (Lipinski definition) is 3. The van der Waals surface area contributed by atoms with Crippen molar-refractivity contribution in [3.05, 3.63) is 0 Å². The number of aliphatic hydroxyl groups is 1. The van der Waals surface area contributed by atoms with E-state index < -0.39 is 0 Å². The van der Waals surface area contributed by atoms with Gasteiger partial charge in [0.2, 0.25) is 0 Å². The minimum atomic E-state index is 0.317. The molecule has 3 atom stereocenters. The molecule has 0 aromatic carbocycles. The van der Waals surface area contributed by atoms with Crippen LogP contribution in [0.25, 0.3) is 0 Å². The SMILES string of the molecule is CC(CO)CN1CCC2CCC(C1)N2. The van der Waals surface area contributed by atoms with Crippen molar-refractivity contribution in [2.75, 3.05) is 26.2 Å². The Hall–Kier alpha value is -0.120. The molecule has 82 valence electrons. The van der Waals surface area contributed by atoms with Crippen molar-refractivity contribution >= 4 is 0 Å². The standard InChI is InChI=1S/C11H22N2O/c1-9(8-14)6-13-5-4-10-2-3-11(7-13)12-10/h9-12,14H,2-8H2,1H3. The van der Waals surface area contributed by atoms with Crippen LogP contribution in [0.2, 0.25) is 0 Å². The molecule has 2 rings (SSSR count). The van der Waals surface area contributed by atoms with Gasteiger partial charge in [-0.3, -0.25) is 0 Å². The monoisotopic (exact) mass is 198 g/mol. The van der Waals surface area contributed by atoms with Crippen LogP contribution in [0.5, 0.6) is 0 Å². The lowest BCUT2D eigenvalue weighted by molar-refractivity contribution is 0.168. The summed E-state index contributed by atoms with van der Waals surface area (Å²) in [6.45, 7) is 5.88. The lowest BCUT2D eigenvalue weighted by atomic mass is 10.1. The summed E-state index contributed by atoms with van der Waals surface area (Å²) < 4.78 is 0. The minimum Gasteiger partial charge on any atom is -0.396 e. The predicted octanol–water partition coefficient (Wildman–Crippen LogP) is 0.441. The van der Waals surface area contributed by atoms with Gasteiger partial charge in [0.05, 0.1) is 0 Å². The Labute approximate surface area is 86.5 Å². The number of hydrogen-bond donors (Lipinski definition) is 2. The molecule has 2 aliphatic rings. The first-order valence-corrected chi connectivity index (χ1v) is 5.87. The molecule has 3 heteroatoms. The van der Waals surface area contributed by atoms with Gasteiger partial charge in [0.15, 0.2) is 0 Å². The Morgan fingerprint density at radius 2 is 2.14 bits per heavy atom. The fourth-order valence-electron chi connectivity index (χ4n) is 2.68. The highest BCUT2D eigenvalue weighted by Crippen LogP contribution is 2.20. The lowest BCUT2D eigenvalue weighted by Crippen LogP contribution is -2.38. The average molecular weight is 198 g/mol. The molecule has 0 aromatic rings. The van der Waals surface area contributed by atoms with Gasteiger partial charge in [-0.2, -0.15) is 0 Å². The Morgan fingerprint density at radius 3 is 2.93 bits per heavy atom. The van der Waals surface area contributed by atoms with E-state index in [9.17, 15) is 0 Å². The Morgan fingerprint density at radius 1 is 1.36 bits per heavy atom. The molecular weight excluding hydrogens is 176 g/mol. The van der Waals surface area contributed by atoms with Crippen molar-refractivity contribution in [1.29, 1.82) is 0 Å². The van der Waals surface area contributed by atoms with Gasteiger partial charge in [-0.1, -0.05) is 6.92 Å². The molecule has 2 bridgehead atoms. The summed E-state index contributed by atoms with van der Waals surface area (Å²) in [5.41, 5.74) is 0. The topological polar surface area (TPSA) is 35.5 Å². The molecule has 0 amide bonds. The normalized spacial score (nSPS) is 35.6. The molecule has 0 saturated carbocycles. The summed E-state index contributed by atoms with van der Waals surface area (Å²) >= 11 is 0. The van der Waals surface area contributed by atoms with E-state index in [4.69, 9.17) is 5.11 Å². The molecule has 14 heavy (non-hydrogen) atoms. The Balaban J connectivity index is 1.82. The first kappa shape index (κ1) is 10.4. The highest BCUT2D eigenvalue weighted by Gasteiger charge is 2.29. The van der Waals surface area contributed by atoms with E-state index in [1.54, 1.807) is 0 Å². The molecule has 0 aromatic heterocycles. The van der Waals surface area contributed by atoms with E-state index in [1.807, 2.05) is 0 Å². The zero-order valence-electron chi connectivity index (χ0n) is 9.08. The van der Waals surface area contributed by atoms with Gasteiger partial charge in [0.25, 0.3) is 0 Å². The van der Waals surface area contributed by atoms with E-state index in [-0.39, 0.29) is 0 Å². The number of fused-ring (bicyclic) bond motifs is 2. The van der Waals surface area contributed by atoms with Gasteiger partial charge < -0.3 is 15.3 Å². The summed E-state index contributed by atoms with van der Waals surface area (Å²) in [5, 5.41) is 12.7. The molecule has 3 nitrogen and oxygen atoms in total. The smallest absolute Gasteiger partial charge is 0.0468 e. The summed E-state index contributed by atoms with van der Waals surface area (Å²) in [4.78, 5) is 2.51. The van der Waals surface area contributed by atoms with Crippen LogP contribution < -0.4 is 5.32 Å². The van der Waals surface area contributed by atoms with Crippen LogP contribution in [0.15, 0.2) is 0 Å². The minimum absolute atomic E-state index is 0.317. The second-order valence-corrected chi connectivity index (χ2v) is 4.97. The zero-order valence-corrected chi connectivity index (χ0v) is 9.08. The largest absolute Gasteiger partial charge is 0.396 e. The Kier molecular flexibility index (Phi) is 3.42. The molecular formula is C11H22N2O. The molecule has 2 saturated heterocycles. The van der Waals surface area contributed by atoms with Crippen molar-refractivity contribution in [3.63, 3.8) is 0 Å². The number of aliphatic hydroxyl groups excluding tert-OH is 1. The lowest BCUT2D eigenvalue weighted by Gasteiger charge is -2.26.